The summed E-state index contributed by atoms with van der Waals surface area (Å²) < 4.78 is 9.51. The Morgan fingerprint density at radius 3 is 1.96 bits per heavy atom. The van der Waals surface area contributed by atoms with Gasteiger partial charge in [0.25, 0.3) is 0 Å². The lowest BCUT2D eigenvalue weighted by Crippen LogP contribution is -2.08. The lowest BCUT2D eigenvalue weighted by atomic mass is 10.3. The summed E-state index contributed by atoms with van der Waals surface area (Å²) in [5.41, 5.74) is 6.67. The smallest absolute Gasteiger partial charge is 0.311 e. The minimum Gasteiger partial charge on any atom is -0.466 e. The number of nitrogens with one attached hydrogen (secondary N) is 1. The van der Waals surface area contributed by atoms with Gasteiger partial charge in [-0.2, -0.15) is 0 Å². The number of carbonyl (C=O) groups is 3. The fourth-order valence-corrected chi connectivity index (χ4v) is 3.04. The van der Waals surface area contributed by atoms with Gasteiger partial charge in [0, 0.05) is 17.7 Å². The highest BCUT2D eigenvalue weighted by Crippen LogP contribution is 2.15. The summed E-state index contributed by atoms with van der Waals surface area (Å²) in [5, 5.41) is 7.01. The molecule has 0 unspecified atom stereocenters. The van der Waals surface area contributed by atoms with Gasteiger partial charge in [0.05, 0.1) is 37.4 Å². The van der Waals surface area contributed by atoms with Gasteiger partial charge in [-0.1, -0.05) is 0 Å². The lowest BCUT2D eigenvalue weighted by Gasteiger charge is -1.98. The van der Waals surface area contributed by atoms with E-state index in [9.17, 15) is 14.4 Å². The van der Waals surface area contributed by atoms with Crippen molar-refractivity contribution >= 4 is 50.8 Å². The number of anilines is 2. The molecule has 0 atom stereocenters. The average Bonchev–Trinajstić information content (AvgIpc) is 3.17. The fraction of sp³-hybridized carbons (Fsp3) is 0.438. The zero-order chi connectivity index (χ0) is 20.2. The number of esters is 2. The number of nitrogens with zero attached hydrogens (tertiary/aromatic N) is 2. The normalized spacial score (nSPS) is 9.74. The highest BCUT2D eigenvalue weighted by atomic mass is 32.1. The van der Waals surface area contributed by atoms with Gasteiger partial charge in [-0.15, -0.1) is 22.7 Å². The molecule has 0 aliphatic rings. The third-order valence-electron chi connectivity index (χ3n) is 2.67. The Morgan fingerprint density at radius 2 is 1.52 bits per heavy atom. The second kappa shape index (κ2) is 12.0. The fourth-order valence-electron chi connectivity index (χ4n) is 1.72. The van der Waals surface area contributed by atoms with Gasteiger partial charge in [0.15, 0.2) is 10.3 Å². The quantitative estimate of drug-likeness (QED) is 0.658. The molecule has 9 nitrogen and oxygen atoms in total. The van der Waals surface area contributed by atoms with Crippen LogP contribution in [0.4, 0.5) is 10.3 Å². The molecule has 1 amide bonds. The standard InChI is InChI=1S/C9H12N2O3S.C7H10N2O2S/c1-3-14-8(13)4-7-5-15-9(11-7)10-6(2)12;1-2-11-6(10)3-5-4-12-7(8)9-5/h5H,3-4H2,1-2H3,(H,10,11,12);4H,2-3H2,1H3,(H2,8,9). The maximum Gasteiger partial charge on any atom is 0.311 e. The molecule has 0 radical (unpaired) electrons. The Morgan fingerprint density at radius 1 is 1.00 bits per heavy atom. The van der Waals surface area contributed by atoms with Crippen molar-refractivity contribution in [2.75, 3.05) is 24.3 Å². The summed E-state index contributed by atoms with van der Waals surface area (Å²) in [7, 11) is 0. The first-order valence-electron chi connectivity index (χ1n) is 8.07. The van der Waals surface area contributed by atoms with Crippen LogP contribution in [0.15, 0.2) is 10.8 Å². The number of aromatic nitrogens is 2. The van der Waals surface area contributed by atoms with Crippen molar-refractivity contribution in [3.63, 3.8) is 0 Å². The number of thiazole rings is 2. The maximum absolute atomic E-state index is 11.1. The van der Waals surface area contributed by atoms with Crippen molar-refractivity contribution in [2.45, 2.75) is 33.6 Å². The first kappa shape index (κ1) is 22.5. The molecule has 0 fully saturated rings. The predicted molar refractivity (Wildman–Crippen MR) is 104 cm³/mol. The van der Waals surface area contributed by atoms with E-state index in [0.717, 1.165) is 0 Å². The summed E-state index contributed by atoms with van der Waals surface area (Å²) >= 11 is 2.61. The van der Waals surface area contributed by atoms with Gasteiger partial charge < -0.3 is 20.5 Å². The van der Waals surface area contributed by atoms with Crippen LogP contribution in [0.2, 0.25) is 0 Å². The molecule has 2 aromatic rings. The SMILES string of the molecule is CCOC(=O)Cc1csc(N)n1.CCOC(=O)Cc1csc(NC(C)=O)n1. The van der Waals surface area contributed by atoms with E-state index in [-0.39, 0.29) is 30.7 Å². The Labute approximate surface area is 164 Å². The zero-order valence-corrected chi connectivity index (χ0v) is 16.9. The molecule has 27 heavy (non-hydrogen) atoms. The number of hydrogen-bond donors (Lipinski definition) is 2. The second-order valence-corrected chi connectivity index (χ2v) is 6.71. The van der Waals surface area contributed by atoms with Gasteiger partial charge in [-0.25, -0.2) is 9.97 Å². The number of amides is 1. The van der Waals surface area contributed by atoms with Crippen LogP contribution in [-0.2, 0) is 36.7 Å². The molecule has 2 heterocycles. The van der Waals surface area contributed by atoms with E-state index in [1.807, 2.05) is 0 Å². The molecule has 11 heteroatoms. The van der Waals surface area contributed by atoms with Gasteiger partial charge >= 0.3 is 11.9 Å². The van der Waals surface area contributed by atoms with E-state index < -0.39 is 0 Å². The first-order valence-corrected chi connectivity index (χ1v) is 9.83. The third kappa shape index (κ3) is 9.66. The topological polar surface area (TPSA) is 134 Å². The van der Waals surface area contributed by atoms with Crippen LogP contribution < -0.4 is 11.1 Å². The van der Waals surface area contributed by atoms with Gasteiger partial charge in [-0.05, 0) is 13.8 Å². The van der Waals surface area contributed by atoms with Crippen LogP contribution >= 0.6 is 22.7 Å². The zero-order valence-electron chi connectivity index (χ0n) is 15.3. The molecule has 148 valence electrons. The third-order valence-corrected chi connectivity index (χ3v) is 4.20. The average molecular weight is 415 g/mol. The number of nitrogen functional groups attached to an aromatic ring is 1. The molecule has 0 aromatic carbocycles. The van der Waals surface area contributed by atoms with Crippen molar-refractivity contribution in [2.24, 2.45) is 0 Å². The predicted octanol–water partition coefficient (Wildman–Crippen LogP) is 2.04. The highest BCUT2D eigenvalue weighted by molar-refractivity contribution is 7.14. The van der Waals surface area contributed by atoms with Crippen LogP contribution in [0.3, 0.4) is 0 Å². The van der Waals surface area contributed by atoms with Crippen molar-refractivity contribution in [1.82, 2.24) is 9.97 Å². The van der Waals surface area contributed by atoms with Crippen molar-refractivity contribution in [3.05, 3.63) is 22.1 Å². The minimum atomic E-state index is -0.308. The van der Waals surface area contributed by atoms with E-state index in [2.05, 4.69) is 15.3 Å². The summed E-state index contributed by atoms with van der Waals surface area (Å²) in [6.07, 6.45) is 0.353. The highest BCUT2D eigenvalue weighted by Gasteiger charge is 2.08. The molecule has 0 spiro atoms. The molecule has 0 saturated heterocycles. The molecule has 0 saturated carbocycles. The molecule has 0 bridgehead atoms. The van der Waals surface area contributed by atoms with Crippen molar-refractivity contribution < 1.29 is 23.9 Å². The molecular weight excluding hydrogens is 392 g/mol. The van der Waals surface area contributed by atoms with Crippen LogP contribution in [0.1, 0.15) is 32.2 Å². The minimum absolute atomic E-state index is 0.143. The summed E-state index contributed by atoms with van der Waals surface area (Å²) in [4.78, 5) is 40.7. The number of nitrogens with two attached hydrogens (primary N) is 1. The molecule has 3 N–H and O–H groups in total. The van der Waals surface area contributed by atoms with E-state index >= 15 is 0 Å². The monoisotopic (exact) mass is 414 g/mol. The first-order chi connectivity index (χ1) is 12.8. The molecule has 2 aromatic heterocycles. The number of rotatable bonds is 7. The van der Waals surface area contributed by atoms with Crippen LogP contribution in [-0.4, -0.2) is 41.0 Å². The summed E-state index contributed by atoms with van der Waals surface area (Å²) in [6.45, 7) is 5.70. The van der Waals surface area contributed by atoms with Gasteiger partial charge in [0.1, 0.15) is 0 Å². The molecular formula is C16H22N4O5S2. The summed E-state index contributed by atoms with van der Waals surface area (Å²) in [5.74, 6) is -0.744. The van der Waals surface area contributed by atoms with E-state index in [1.165, 1.54) is 29.6 Å². The number of hydrogen-bond acceptors (Lipinski definition) is 10. The van der Waals surface area contributed by atoms with Crippen LogP contribution in [0, 0.1) is 0 Å². The Bertz CT molecular complexity index is 760. The molecule has 0 aliphatic carbocycles. The molecule has 2 rings (SSSR count). The Kier molecular flexibility index (Phi) is 9.98. The second-order valence-electron chi connectivity index (χ2n) is 4.97. The summed E-state index contributed by atoms with van der Waals surface area (Å²) in [6, 6.07) is 0. The van der Waals surface area contributed by atoms with Crippen LogP contribution in [0.25, 0.3) is 0 Å². The van der Waals surface area contributed by atoms with E-state index in [1.54, 1.807) is 24.6 Å². The largest absolute Gasteiger partial charge is 0.466 e. The number of carbonyl (C=O) groups excluding carboxylic acids is 3. The molecule has 0 aliphatic heterocycles. The van der Waals surface area contributed by atoms with Crippen LogP contribution in [0.5, 0.6) is 0 Å². The maximum atomic E-state index is 11.1. The Balaban J connectivity index is 0.000000277. The van der Waals surface area contributed by atoms with E-state index in [4.69, 9.17) is 15.2 Å². The lowest BCUT2D eigenvalue weighted by molar-refractivity contribution is -0.143. The van der Waals surface area contributed by atoms with Crippen molar-refractivity contribution in [1.29, 1.82) is 0 Å². The van der Waals surface area contributed by atoms with Gasteiger partial charge in [0.2, 0.25) is 5.91 Å². The number of ether oxygens (including phenoxy) is 2. The Hall–Kier alpha value is -2.53. The van der Waals surface area contributed by atoms with Gasteiger partial charge in [-0.3, -0.25) is 14.4 Å². The van der Waals surface area contributed by atoms with E-state index in [0.29, 0.717) is 34.9 Å². The van der Waals surface area contributed by atoms with Crippen molar-refractivity contribution in [3.8, 4) is 0 Å².